The van der Waals surface area contributed by atoms with Crippen LogP contribution in [0.2, 0.25) is 0 Å². The van der Waals surface area contributed by atoms with Crippen LogP contribution in [0, 0.1) is 11.3 Å². The SMILES string of the molecule is COC1(C)C(C)=C(C)C(C(C)(C)C)=C(C)C1C. The van der Waals surface area contributed by atoms with Crippen molar-refractivity contribution in [2.75, 3.05) is 7.11 Å². The summed E-state index contributed by atoms with van der Waals surface area (Å²) in [6.45, 7) is 18.1. The van der Waals surface area contributed by atoms with Crippen LogP contribution in [-0.2, 0) is 4.74 Å². The third-order valence-corrected chi connectivity index (χ3v) is 4.73. The van der Waals surface area contributed by atoms with E-state index in [0.29, 0.717) is 5.92 Å². The van der Waals surface area contributed by atoms with Crippen molar-refractivity contribution in [2.45, 2.75) is 61.0 Å². The number of hydrogen-bond acceptors (Lipinski definition) is 1. The molecule has 0 spiro atoms. The molecule has 1 rings (SSSR count). The van der Waals surface area contributed by atoms with Gasteiger partial charge < -0.3 is 4.74 Å². The molecule has 2 unspecified atom stereocenters. The molecule has 1 aliphatic carbocycles. The summed E-state index contributed by atoms with van der Waals surface area (Å²) >= 11 is 0. The fourth-order valence-corrected chi connectivity index (χ4v) is 3.29. The maximum Gasteiger partial charge on any atom is 0.0925 e. The Hall–Kier alpha value is -0.560. The Balaban J connectivity index is 3.48. The van der Waals surface area contributed by atoms with Gasteiger partial charge in [-0.05, 0) is 49.8 Å². The molecule has 0 amide bonds. The third-order valence-electron chi connectivity index (χ3n) is 4.73. The zero-order valence-corrected chi connectivity index (χ0v) is 13.0. The lowest BCUT2D eigenvalue weighted by atomic mass is 9.65. The van der Waals surface area contributed by atoms with E-state index >= 15 is 0 Å². The van der Waals surface area contributed by atoms with Gasteiger partial charge in [-0.25, -0.2) is 0 Å². The van der Waals surface area contributed by atoms with E-state index in [4.69, 9.17) is 4.74 Å². The Labute approximate surface area is 107 Å². The normalized spacial score (nSPS) is 31.2. The van der Waals surface area contributed by atoms with Crippen LogP contribution in [0.4, 0.5) is 0 Å². The first-order valence-corrected chi connectivity index (χ1v) is 6.52. The second-order valence-electron chi connectivity index (χ2n) is 6.59. The number of rotatable bonds is 1. The maximum atomic E-state index is 5.81. The summed E-state index contributed by atoms with van der Waals surface area (Å²) in [6.07, 6.45) is 0. The molecule has 0 saturated heterocycles. The molecule has 17 heavy (non-hydrogen) atoms. The zero-order valence-electron chi connectivity index (χ0n) is 13.0. The lowest BCUT2D eigenvalue weighted by Crippen LogP contribution is -2.42. The lowest BCUT2D eigenvalue weighted by molar-refractivity contribution is 0.00187. The molecule has 0 radical (unpaired) electrons. The van der Waals surface area contributed by atoms with E-state index < -0.39 is 0 Å². The highest BCUT2D eigenvalue weighted by atomic mass is 16.5. The van der Waals surface area contributed by atoms with Gasteiger partial charge >= 0.3 is 0 Å². The van der Waals surface area contributed by atoms with Crippen LogP contribution in [0.25, 0.3) is 0 Å². The Morgan fingerprint density at radius 1 is 1.12 bits per heavy atom. The van der Waals surface area contributed by atoms with Crippen molar-refractivity contribution in [3.05, 3.63) is 22.3 Å². The largest absolute Gasteiger partial charge is 0.374 e. The van der Waals surface area contributed by atoms with E-state index in [1.165, 1.54) is 22.3 Å². The number of methoxy groups -OCH3 is 1. The first-order chi connectivity index (χ1) is 7.57. The smallest absolute Gasteiger partial charge is 0.0925 e. The monoisotopic (exact) mass is 236 g/mol. The number of hydrogen-bond donors (Lipinski definition) is 0. The highest BCUT2D eigenvalue weighted by Crippen LogP contribution is 2.48. The van der Waals surface area contributed by atoms with Crippen molar-refractivity contribution in [1.82, 2.24) is 0 Å². The summed E-state index contributed by atoms with van der Waals surface area (Å²) in [5, 5.41) is 0. The highest BCUT2D eigenvalue weighted by Gasteiger charge is 2.41. The van der Waals surface area contributed by atoms with Gasteiger partial charge in [-0.15, -0.1) is 0 Å². The van der Waals surface area contributed by atoms with Crippen molar-refractivity contribution in [3.8, 4) is 0 Å². The Morgan fingerprint density at radius 2 is 1.59 bits per heavy atom. The first-order valence-electron chi connectivity index (χ1n) is 6.52. The van der Waals surface area contributed by atoms with Gasteiger partial charge in [0.2, 0.25) is 0 Å². The van der Waals surface area contributed by atoms with Crippen molar-refractivity contribution in [1.29, 1.82) is 0 Å². The van der Waals surface area contributed by atoms with Gasteiger partial charge in [0.15, 0.2) is 0 Å². The Kier molecular flexibility index (Phi) is 3.65. The lowest BCUT2D eigenvalue weighted by Gasteiger charge is -2.45. The van der Waals surface area contributed by atoms with Gasteiger partial charge in [0.1, 0.15) is 0 Å². The molecule has 2 atom stereocenters. The number of ether oxygens (including phenoxy) is 1. The summed E-state index contributed by atoms with van der Waals surface area (Å²) in [7, 11) is 1.82. The predicted molar refractivity (Wildman–Crippen MR) is 75.1 cm³/mol. The van der Waals surface area contributed by atoms with Crippen LogP contribution < -0.4 is 0 Å². The van der Waals surface area contributed by atoms with Crippen molar-refractivity contribution >= 4 is 0 Å². The average Bonchev–Trinajstić information content (AvgIpc) is 2.22. The van der Waals surface area contributed by atoms with E-state index in [-0.39, 0.29) is 11.0 Å². The topological polar surface area (TPSA) is 9.23 Å². The first kappa shape index (κ1) is 14.5. The minimum atomic E-state index is -0.150. The third kappa shape index (κ3) is 2.10. The van der Waals surface area contributed by atoms with Gasteiger partial charge in [-0.1, -0.05) is 33.3 Å². The van der Waals surface area contributed by atoms with Crippen LogP contribution in [0.5, 0.6) is 0 Å². The van der Waals surface area contributed by atoms with E-state index in [1.807, 2.05) is 7.11 Å². The summed E-state index contributed by atoms with van der Waals surface area (Å²) < 4.78 is 5.81. The molecule has 0 aromatic carbocycles. The molecule has 0 saturated carbocycles. The van der Waals surface area contributed by atoms with Crippen LogP contribution in [-0.4, -0.2) is 12.7 Å². The fourth-order valence-electron chi connectivity index (χ4n) is 3.29. The van der Waals surface area contributed by atoms with Crippen LogP contribution in [0.15, 0.2) is 22.3 Å². The second kappa shape index (κ2) is 4.28. The molecule has 0 aromatic heterocycles. The van der Waals surface area contributed by atoms with Gasteiger partial charge in [-0.3, -0.25) is 0 Å². The minimum Gasteiger partial charge on any atom is -0.374 e. The fraction of sp³-hybridized carbons (Fsp3) is 0.750. The molecule has 0 aliphatic heterocycles. The second-order valence-corrected chi connectivity index (χ2v) is 6.59. The molecular weight excluding hydrogens is 208 g/mol. The summed E-state index contributed by atoms with van der Waals surface area (Å²) in [6, 6.07) is 0. The summed E-state index contributed by atoms with van der Waals surface area (Å²) in [5.74, 6) is 0.436. The van der Waals surface area contributed by atoms with Crippen molar-refractivity contribution < 1.29 is 4.74 Å². The molecule has 0 N–H and O–H groups in total. The Morgan fingerprint density at radius 3 is 1.94 bits per heavy atom. The van der Waals surface area contributed by atoms with Crippen molar-refractivity contribution in [2.24, 2.45) is 11.3 Å². The van der Waals surface area contributed by atoms with Gasteiger partial charge in [0.25, 0.3) is 0 Å². The minimum absolute atomic E-state index is 0.150. The zero-order chi connectivity index (χ0) is 13.6. The van der Waals surface area contributed by atoms with Gasteiger partial charge in [-0.2, -0.15) is 0 Å². The standard InChI is InChI=1S/C16H28O/c1-10-12(3)16(8,17-9)13(4)11(2)14(10)15(5,6)7/h12H,1-9H3. The van der Waals surface area contributed by atoms with E-state index in [0.717, 1.165) is 0 Å². The summed E-state index contributed by atoms with van der Waals surface area (Å²) in [5.41, 5.74) is 5.84. The molecule has 98 valence electrons. The molecule has 0 heterocycles. The van der Waals surface area contributed by atoms with Crippen LogP contribution >= 0.6 is 0 Å². The maximum absolute atomic E-state index is 5.81. The van der Waals surface area contributed by atoms with Gasteiger partial charge in [0.05, 0.1) is 5.60 Å². The molecule has 1 aliphatic rings. The average molecular weight is 236 g/mol. The quantitative estimate of drug-likeness (QED) is 0.639. The molecule has 1 nitrogen and oxygen atoms in total. The van der Waals surface area contributed by atoms with Gasteiger partial charge in [0, 0.05) is 13.0 Å². The number of allylic oxidation sites excluding steroid dienone is 2. The van der Waals surface area contributed by atoms with Crippen LogP contribution in [0.1, 0.15) is 55.4 Å². The Bertz CT molecular complexity index is 379. The van der Waals surface area contributed by atoms with E-state index in [1.54, 1.807) is 0 Å². The summed E-state index contributed by atoms with van der Waals surface area (Å²) in [4.78, 5) is 0. The van der Waals surface area contributed by atoms with Crippen LogP contribution in [0.3, 0.4) is 0 Å². The van der Waals surface area contributed by atoms with Crippen molar-refractivity contribution in [3.63, 3.8) is 0 Å². The molecule has 0 aromatic rings. The highest BCUT2D eigenvalue weighted by molar-refractivity contribution is 5.48. The molecular formula is C16H28O. The molecule has 0 fully saturated rings. The molecule has 1 heteroatoms. The predicted octanol–water partition coefficient (Wildman–Crippen LogP) is 4.74. The van der Waals surface area contributed by atoms with E-state index in [9.17, 15) is 0 Å². The molecule has 0 bridgehead atoms. The van der Waals surface area contributed by atoms with E-state index in [2.05, 4.69) is 55.4 Å².